The van der Waals surface area contributed by atoms with Gasteiger partial charge in [-0.15, -0.1) is 0 Å². The predicted molar refractivity (Wildman–Crippen MR) is 153 cm³/mol. The summed E-state index contributed by atoms with van der Waals surface area (Å²) in [6, 6.07) is 13.9. The van der Waals surface area contributed by atoms with Crippen molar-refractivity contribution in [1.82, 2.24) is 4.98 Å². The molecular weight excluding hydrogens is 539 g/mol. The maximum atomic E-state index is 14.0. The molecule has 3 N–H and O–H groups in total. The molecule has 0 atom stereocenters. The Morgan fingerprint density at radius 3 is 2.29 bits per heavy atom. The van der Waals surface area contributed by atoms with Crippen molar-refractivity contribution >= 4 is 34.7 Å². The number of nitrogens with one attached hydrogen (secondary N) is 2. The summed E-state index contributed by atoms with van der Waals surface area (Å²) < 4.78 is 53.3. The second-order valence-electron chi connectivity index (χ2n) is 9.32. The largest absolute Gasteiger partial charge is 0.506 e. The van der Waals surface area contributed by atoms with Crippen LogP contribution in [0.15, 0.2) is 54.6 Å². The summed E-state index contributed by atoms with van der Waals surface area (Å²) in [6.45, 7) is 9.78. The smallest absolute Gasteiger partial charge is 0.472 e. The van der Waals surface area contributed by atoms with E-state index in [4.69, 9.17) is 14.9 Å². The van der Waals surface area contributed by atoms with Crippen LogP contribution < -0.4 is 24.6 Å². The third-order valence-electron chi connectivity index (χ3n) is 6.12. The number of nitrogens with zero attached hydrogens (tertiary/aromatic N) is 3. The Morgan fingerprint density at radius 2 is 1.73 bits per heavy atom. The molecule has 0 spiro atoms. The molecule has 2 aromatic carbocycles. The number of anilines is 4. The topological polar surface area (TPSA) is 111 Å². The summed E-state index contributed by atoms with van der Waals surface area (Å²) in [5.74, 6) is -2.54. The number of carbonyl (C=O) groups excluding carboxylic acids is 1. The number of hydrogen-bond acceptors (Lipinski definition) is 8. The molecule has 0 radical (unpaired) electrons. The molecule has 0 saturated carbocycles. The number of aryl methyl sites for hydroxylation is 1. The first kappa shape index (κ1) is 31.1. The summed E-state index contributed by atoms with van der Waals surface area (Å²) in [6.07, 6.45) is -5.27. The molecule has 1 heterocycles. The molecule has 1 amide bonds. The second kappa shape index (κ2) is 13.2. The average Bonchev–Trinajstić information content (AvgIpc) is 2.92. The second-order valence-corrected chi connectivity index (χ2v) is 9.32. The van der Waals surface area contributed by atoms with Crippen molar-refractivity contribution in [3.63, 3.8) is 0 Å². The van der Waals surface area contributed by atoms with Gasteiger partial charge in [-0.1, -0.05) is 32.0 Å². The van der Waals surface area contributed by atoms with Gasteiger partial charge in [0, 0.05) is 25.1 Å². The van der Waals surface area contributed by atoms with Crippen molar-refractivity contribution in [2.75, 3.05) is 34.9 Å². The van der Waals surface area contributed by atoms with Crippen molar-refractivity contribution in [1.29, 1.82) is 5.41 Å². The van der Waals surface area contributed by atoms with Gasteiger partial charge in [0.2, 0.25) is 0 Å². The number of phenols is 1. The van der Waals surface area contributed by atoms with Gasteiger partial charge >= 0.3 is 12.1 Å². The van der Waals surface area contributed by atoms with Crippen LogP contribution in [0.1, 0.15) is 33.4 Å². The summed E-state index contributed by atoms with van der Waals surface area (Å²) in [5, 5.41) is 21.7. The normalized spacial score (nSPS) is 11.2. The number of alkyl halides is 3. The Balaban J connectivity index is 2.16. The molecule has 220 valence electrons. The number of halogens is 3. The Morgan fingerprint density at radius 1 is 1.07 bits per heavy atom. The lowest BCUT2D eigenvalue weighted by molar-refractivity contribution is -0.169. The van der Waals surface area contributed by atoms with Gasteiger partial charge in [-0.25, -0.2) is 4.98 Å². The molecular formula is C29H34F3N5O4. The Bertz CT molecular complexity index is 1360. The molecule has 41 heavy (non-hydrogen) atoms. The van der Waals surface area contributed by atoms with E-state index in [9.17, 15) is 23.1 Å². The van der Waals surface area contributed by atoms with Gasteiger partial charge in [0.05, 0.1) is 22.8 Å². The van der Waals surface area contributed by atoms with Gasteiger partial charge in [-0.2, -0.15) is 13.2 Å². The van der Waals surface area contributed by atoms with Crippen molar-refractivity contribution in [3.05, 3.63) is 60.3 Å². The molecule has 0 unspecified atom stereocenters. The monoisotopic (exact) mass is 573 g/mol. The van der Waals surface area contributed by atoms with E-state index in [1.165, 1.54) is 19.1 Å². The Kier molecular flexibility index (Phi) is 10.0. The van der Waals surface area contributed by atoms with Gasteiger partial charge in [0.15, 0.2) is 18.4 Å². The summed E-state index contributed by atoms with van der Waals surface area (Å²) >= 11 is 0. The highest BCUT2D eigenvalue weighted by atomic mass is 19.4. The SMILES string of the molecule is CCN(CC)c1ccc(N(C(=O)C(F)(F)F)c2cc(NCOc3ccccc3)c(O)cc2OC(=N)C(C)C)c(C)n1. The molecule has 3 aromatic rings. The fourth-order valence-corrected chi connectivity index (χ4v) is 3.88. The molecule has 0 saturated heterocycles. The van der Waals surface area contributed by atoms with Crippen LogP contribution in [0, 0.1) is 18.3 Å². The van der Waals surface area contributed by atoms with E-state index in [-0.39, 0.29) is 46.9 Å². The van der Waals surface area contributed by atoms with Crippen molar-refractivity contribution in [2.45, 2.75) is 40.8 Å². The number of amides is 1. The van der Waals surface area contributed by atoms with Gasteiger partial charge in [0.1, 0.15) is 17.3 Å². The number of rotatable bonds is 11. The van der Waals surface area contributed by atoms with Crippen LogP contribution in [0.5, 0.6) is 17.2 Å². The van der Waals surface area contributed by atoms with Crippen molar-refractivity contribution < 1.29 is 32.5 Å². The van der Waals surface area contributed by atoms with Gasteiger partial charge < -0.3 is 24.8 Å². The Labute approximate surface area is 237 Å². The number of phenolic OH excluding ortho intramolecular Hbond substituents is 1. The van der Waals surface area contributed by atoms with E-state index in [1.807, 2.05) is 24.8 Å². The van der Waals surface area contributed by atoms with Crippen LogP contribution in [-0.2, 0) is 4.79 Å². The minimum Gasteiger partial charge on any atom is -0.506 e. The zero-order chi connectivity index (χ0) is 30.3. The molecule has 3 rings (SSSR count). The molecule has 0 aliphatic rings. The first-order chi connectivity index (χ1) is 19.4. The third kappa shape index (κ3) is 7.59. The predicted octanol–water partition coefficient (Wildman–Crippen LogP) is 6.63. The minimum atomic E-state index is -5.27. The molecule has 0 aliphatic carbocycles. The van der Waals surface area contributed by atoms with Crippen LogP contribution in [0.4, 0.5) is 36.1 Å². The number of carbonyl (C=O) groups is 1. The van der Waals surface area contributed by atoms with Crippen molar-refractivity contribution in [2.24, 2.45) is 5.92 Å². The quantitative estimate of drug-likeness (QED) is 0.102. The maximum absolute atomic E-state index is 14.0. The highest BCUT2D eigenvalue weighted by Gasteiger charge is 2.45. The standard InChI is InChI=1S/C29H34F3N5O4/c1-6-36(7-2)26-14-13-22(19(5)35-26)37(28(39)29(30,31)32)23-15-21(34-17-40-20-11-9-8-10-12-20)24(38)16-25(23)41-27(33)18(3)4/h8-16,18,33-34,38H,6-7,17H2,1-5H3. The number of pyridine rings is 1. The van der Waals surface area contributed by atoms with Crippen LogP contribution in [0.3, 0.4) is 0 Å². The molecule has 1 aromatic heterocycles. The number of ether oxygens (including phenoxy) is 2. The number of benzene rings is 2. The van der Waals surface area contributed by atoms with E-state index in [0.717, 1.165) is 12.1 Å². The van der Waals surface area contributed by atoms with E-state index >= 15 is 0 Å². The maximum Gasteiger partial charge on any atom is 0.472 e. The van der Waals surface area contributed by atoms with Crippen LogP contribution >= 0.6 is 0 Å². The van der Waals surface area contributed by atoms with Crippen LogP contribution in [-0.4, -0.2) is 47.9 Å². The van der Waals surface area contributed by atoms with Gasteiger partial charge in [-0.3, -0.25) is 15.1 Å². The Hall–Kier alpha value is -4.48. The zero-order valence-electron chi connectivity index (χ0n) is 23.5. The number of hydrogen-bond donors (Lipinski definition) is 3. The number of aromatic hydroxyl groups is 1. The number of aromatic nitrogens is 1. The van der Waals surface area contributed by atoms with E-state index < -0.39 is 18.0 Å². The fraction of sp³-hybridized carbons (Fsp3) is 0.345. The highest BCUT2D eigenvalue weighted by Crippen LogP contribution is 2.44. The lowest BCUT2D eigenvalue weighted by Gasteiger charge is -2.29. The highest BCUT2D eigenvalue weighted by molar-refractivity contribution is 6.06. The van der Waals surface area contributed by atoms with Crippen LogP contribution in [0.25, 0.3) is 0 Å². The fourth-order valence-electron chi connectivity index (χ4n) is 3.88. The lowest BCUT2D eigenvalue weighted by Crippen LogP contribution is -2.39. The molecule has 0 fully saturated rings. The molecule has 9 nitrogen and oxygen atoms in total. The molecule has 0 bridgehead atoms. The summed E-state index contributed by atoms with van der Waals surface area (Å²) in [7, 11) is 0. The minimum absolute atomic E-state index is 0.0234. The molecule has 0 aliphatic heterocycles. The van der Waals surface area contributed by atoms with E-state index in [0.29, 0.717) is 29.6 Å². The average molecular weight is 574 g/mol. The van der Waals surface area contributed by atoms with Gasteiger partial charge in [-0.05, 0) is 51.1 Å². The lowest BCUT2D eigenvalue weighted by atomic mass is 10.1. The summed E-state index contributed by atoms with van der Waals surface area (Å²) in [5.41, 5.74) is -0.351. The van der Waals surface area contributed by atoms with E-state index in [1.54, 1.807) is 38.1 Å². The zero-order valence-corrected chi connectivity index (χ0v) is 23.5. The van der Waals surface area contributed by atoms with Gasteiger partial charge in [0.25, 0.3) is 0 Å². The van der Waals surface area contributed by atoms with E-state index in [2.05, 4.69) is 10.3 Å². The number of para-hydroxylation sites is 1. The molecule has 12 heteroatoms. The van der Waals surface area contributed by atoms with Crippen LogP contribution in [0.2, 0.25) is 0 Å². The third-order valence-corrected chi connectivity index (χ3v) is 6.12. The van der Waals surface area contributed by atoms with Crippen molar-refractivity contribution in [3.8, 4) is 17.2 Å². The first-order valence-electron chi connectivity index (χ1n) is 13.1. The first-order valence-corrected chi connectivity index (χ1v) is 13.1. The summed E-state index contributed by atoms with van der Waals surface area (Å²) in [4.78, 5) is 19.8.